The molecule has 0 heterocycles. The van der Waals surface area contributed by atoms with Crippen molar-refractivity contribution in [2.45, 2.75) is 25.9 Å². The van der Waals surface area contributed by atoms with Crippen molar-refractivity contribution < 1.29 is 4.74 Å². The van der Waals surface area contributed by atoms with Crippen molar-refractivity contribution in [3.63, 3.8) is 0 Å². The monoisotopic (exact) mass is 200 g/mol. The summed E-state index contributed by atoms with van der Waals surface area (Å²) in [5.41, 5.74) is 0.989. The number of para-hydroxylation sites is 1. The van der Waals surface area contributed by atoms with Gasteiger partial charge >= 0.3 is 0 Å². The molecule has 0 fully saturated rings. The average molecular weight is 200 g/mol. The van der Waals surface area contributed by atoms with Gasteiger partial charge in [0.1, 0.15) is 11.4 Å². The summed E-state index contributed by atoms with van der Waals surface area (Å²) >= 11 is 0. The Morgan fingerprint density at radius 3 is 2.67 bits per heavy atom. The number of rotatable bonds is 2. The second-order valence-corrected chi connectivity index (χ2v) is 4.17. The molecule has 0 spiro atoms. The van der Waals surface area contributed by atoms with Crippen molar-refractivity contribution in [1.29, 1.82) is 0 Å². The highest BCUT2D eigenvalue weighted by molar-refractivity contribution is 5.33. The van der Waals surface area contributed by atoms with Gasteiger partial charge in [-0.3, -0.25) is 0 Å². The van der Waals surface area contributed by atoms with Crippen molar-refractivity contribution >= 4 is 0 Å². The van der Waals surface area contributed by atoms with E-state index in [0.29, 0.717) is 0 Å². The highest BCUT2D eigenvalue weighted by Gasteiger charge is 2.23. The third-order valence-electron chi connectivity index (χ3n) is 2.66. The van der Waals surface area contributed by atoms with Crippen molar-refractivity contribution in [2.75, 3.05) is 0 Å². The fourth-order valence-corrected chi connectivity index (χ4v) is 1.71. The van der Waals surface area contributed by atoms with Crippen LogP contribution in [0.15, 0.2) is 48.6 Å². The number of aryl methyl sites for hydroxylation is 1. The number of hydrogen-bond acceptors (Lipinski definition) is 1. The van der Waals surface area contributed by atoms with Gasteiger partial charge in [-0.25, -0.2) is 0 Å². The van der Waals surface area contributed by atoms with Gasteiger partial charge in [-0.05, 0) is 31.6 Å². The highest BCUT2D eigenvalue weighted by Crippen LogP contribution is 2.27. The van der Waals surface area contributed by atoms with Crippen LogP contribution in [-0.4, -0.2) is 5.60 Å². The van der Waals surface area contributed by atoms with Crippen LogP contribution in [0.5, 0.6) is 5.75 Å². The van der Waals surface area contributed by atoms with E-state index in [2.05, 4.69) is 38.1 Å². The van der Waals surface area contributed by atoms with E-state index in [4.69, 9.17) is 4.74 Å². The lowest BCUT2D eigenvalue weighted by Crippen LogP contribution is -2.30. The predicted molar refractivity (Wildman–Crippen MR) is 63.1 cm³/mol. The number of ether oxygens (including phenoxy) is 1. The van der Waals surface area contributed by atoms with Crippen LogP contribution < -0.4 is 4.74 Å². The van der Waals surface area contributed by atoms with Crippen LogP contribution in [0, 0.1) is 6.92 Å². The molecule has 0 radical (unpaired) electrons. The molecule has 1 aliphatic rings. The summed E-state index contributed by atoms with van der Waals surface area (Å²) in [4.78, 5) is 0. The van der Waals surface area contributed by atoms with Crippen molar-refractivity contribution in [2.24, 2.45) is 0 Å². The number of hydrogen-bond donors (Lipinski definition) is 0. The molecule has 1 aliphatic carbocycles. The fourth-order valence-electron chi connectivity index (χ4n) is 1.71. The molecular weight excluding hydrogens is 184 g/mol. The molecule has 1 nitrogen and oxygen atoms in total. The average Bonchev–Trinajstić information content (AvgIpc) is 2.22. The Morgan fingerprint density at radius 1 is 1.20 bits per heavy atom. The predicted octanol–water partition coefficient (Wildman–Crippen LogP) is 3.65. The lowest BCUT2D eigenvalue weighted by Gasteiger charge is -2.28. The minimum Gasteiger partial charge on any atom is -0.483 e. The van der Waals surface area contributed by atoms with E-state index in [0.717, 1.165) is 12.2 Å². The zero-order valence-electron chi connectivity index (χ0n) is 9.23. The van der Waals surface area contributed by atoms with E-state index in [1.807, 2.05) is 24.3 Å². The summed E-state index contributed by atoms with van der Waals surface area (Å²) in [6, 6.07) is 8.13. The number of allylic oxidation sites excluding steroid dienone is 2. The van der Waals surface area contributed by atoms with Gasteiger partial charge in [0.05, 0.1) is 0 Å². The lowest BCUT2D eigenvalue weighted by molar-refractivity contribution is 0.141. The molecule has 0 bridgehead atoms. The van der Waals surface area contributed by atoms with E-state index in [1.54, 1.807) is 0 Å². The first-order chi connectivity index (χ1) is 7.20. The SMILES string of the molecule is Cc1ccccc1O[C@@]1(C)C=CC=CC1. The van der Waals surface area contributed by atoms with Crippen molar-refractivity contribution in [3.05, 3.63) is 54.1 Å². The molecule has 0 saturated heterocycles. The molecule has 15 heavy (non-hydrogen) atoms. The molecule has 0 N–H and O–H groups in total. The van der Waals surface area contributed by atoms with E-state index in [9.17, 15) is 0 Å². The Morgan fingerprint density at radius 2 is 2.00 bits per heavy atom. The Bertz CT molecular complexity index is 404. The van der Waals surface area contributed by atoms with Gasteiger partial charge in [0.2, 0.25) is 0 Å². The van der Waals surface area contributed by atoms with Crippen LogP contribution in [-0.2, 0) is 0 Å². The quantitative estimate of drug-likeness (QED) is 0.708. The van der Waals surface area contributed by atoms with Gasteiger partial charge in [0, 0.05) is 6.42 Å². The van der Waals surface area contributed by atoms with Gasteiger partial charge in [0.15, 0.2) is 0 Å². The molecular formula is C14H16O. The molecule has 0 saturated carbocycles. The van der Waals surface area contributed by atoms with Gasteiger partial charge in [-0.1, -0.05) is 36.4 Å². The normalized spacial score (nSPS) is 24.1. The summed E-state index contributed by atoms with van der Waals surface area (Å²) in [5.74, 6) is 0.972. The Kier molecular flexibility index (Phi) is 2.63. The first-order valence-corrected chi connectivity index (χ1v) is 5.29. The Balaban J connectivity index is 2.18. The maximum absolute atomic E-state index is 6.04. The zero-order chi connectivity index (χ0) is 10.7. The second-order valence-electron chi connectivity index (χ2n) is 4.17. The molecule has 1 atom stereocenters. The largest absolute Gasteiger partial charge is 0.483 e. The fraction of sp³-hybridized carbons (Fsp3) is 0.286. The van der Waals surface area contributed by atoms with Crippen LogP contribution >= 0.6 is 0 Å². The van der Waals surface area contributed by atoms with Gasteiger partial charge in [-0.2, -0.15) is 0 Å². The molecule has 1 aromatic carbocycles. The molecule has 0 unspecified atom stereocenters. The molecule has 1 aromatic rings. The Hall–Kier alpha value is -1.50. The summed E-state index contributed by atoms with van der Waals surface area (Å²) in [7, 11) is 0. The van der Waals surface area contributed by atoms with Crippen LogP contribution in [0.25, 0.3) is 0 Å². The second kappa shape index (κ2) is 3.93. The molecule has 0 aromatic heterocycles. The smallest absolute Gasteiger partial charge is 0.128 e. The molecule has 2 rings (SSSR count). The van der Waals surface area contributed by atoms with E-state index >= 15 is 0 Å². The summed E-state index contributed by atoms with van der Waals surface area (Å²) in [6.07, 6.45) is 9.28. The summed E-state index contributed by atoms with van der Waals surface area (Å²) < 4.78 is 6.04. The zero-order valence-corrected chi connectivity index (χ0v) is 9.23. The van der Waals surface area contributed by atoms with Crippen molar-refractivity contribution in [1.82, 2.24) is 0 Å². The molecule has 1 heteroatoms. The lowest BCUT2D eigenvalue weighted by atomic mass is 9.97. The summed E-state index contributed by atoms with van der Waals surface area (Å²) in [6.45, 7) is 4.18. The maximum Gasteiger partial charge on any atom is 0.128 e. The topological polar surface area (TPSA) is 9.23 Å². The minimum absolute atomic E-state index is 0.194. The maximum atomic E-state index is 6.04. The highest BCUT2D eigenvalue weighted by atomic mass is 16.5. The molecule has 78 valence electrons. The third kappa shape index (κ3) is 2.30. The molecule has 0 amide bonds. The van der Waals surface area contributed by atoms with Gasteiger partial charge in [-0.15, -0.1) is 0 Å². The van der Waals surface area contributed by atoms with Crippen LogP contribution in [0.3, 0.4) is 0 Å². The number of benzene rings is 1. The third-order valence-corrected chi connectivity index (χ3v) is 2.66. The van der Waals surface area contributed by atoms with Gasteiger partial charge in [0.25, 0.3) is 0 Å². The minimum atomic E-state index is -0.194. The van der Waals surface area contributed by atoms with E-state index in [1.165, 1.54) is 5.56 Å². The first-order valence-electron chi connectivity index (χ1n) is 5.29. The van der Waals surface area contributed by atoms with E-state index < -0.39 is 0 Å². The van der Waals surface area contributed by atoms with Crippen LogP contribution in [0.2, 0.25) is 0 Å². The van der Waals surface area contributed by atoms with Crippen molar-refractivity contribution in [3.8, 4) is 5.75 Å². The van der Waals surface area contributed by atoms with Crippen LogP contribution in [0.4, 0.5) is 0 Å². The first kappa shape index (κ1) is 10.0. The van der Waals surface area contributed by atoms with Gasteiger partial charge < -0.3 is 4.74 Å². The molecule has 0 aliphatic heterocycles. The van der Waals surface area contributed by atoms with Crippen LogP contribution in [0.1, 0.15) is 18.9 Å². The van der Waals surface area contributed by atoms with E-state index in [-0.39, 0.29) is 5.60 Å². The Labute approximate surface area is 91.1 Å². The standard InChI is InChI=1S/C14H16O/c1-12-8-4-5-9-13(12)15-14(2)10-6-3-7-11-14/h3-10H,11H2,1-2H3/t14-/m0/s1. The summed E-state index contributed by atoms with van der Waals surface area (Å²) in [5, 5.41) is 0.